The van der Waals surface area contributed by atoms with E-state index in [9.17, 15) is 27.6 Å². The number of carbonyl (C=O) groups excluding carboxylic acids is 1. The Labute approximate surface area is 149 Å². The van der Waals surface area contributed by atoms with Crippen molar-refractivity contribution < 1.29 is 18.0 Å². The number of aromatic amines is 2. The quantitative estimate of drug-likeness (QED) is 0.727. The van der Waals surface area contributed by atoms with Crippen molar-refractivity contribution in [2.24, 2.45) is 0 Å². The first-order chi connectivity index (χ1) is 12.6. The summed E-state index contributed by atoms with van der Waals surface area (Å²) in [6.45, 7) is 0.0665. The maximum atomic E-state index is 12.6. The Morgan fingerprint density at radius 2 is 1.81 bits per heavy atom. The van der Waals surface area contributed by atoms with Crippen molar-refractivity contribution in [3.8, 4) is 0 Å². The second-order valence-electron chi connectivity index (χ2n) is 5.88. The number of benzene rings is 1. The monoisotopic (exact) mass is 378 g/mol. The molecule has 140 valence electrons. The number of aromatic nitrogens is 3. The molecule has 0 bridgehead atoms. The number of pyridine rings is 1. The van der Waals surface area contributed by atoms with Crippen molar-refractivity contribution in [2.75, 3.05) is 7.05 Å². The number of fused-ring (bicyclic) bond motifs is 1. The Morgan fingerprint density at radius 1 is 1.15 bits per heavy atom. The zero-order valence-corrected chi connectivity index (χ0v) is 13.9. The molecule has 1 aromatic carbocycles. The molecule has 0 fully saturated rings. The van der Waals surface area contributed by atoms with Gasteiger partial charge in [0.15, 0.2) is 0 Å². The van der Waals surface area contributed by atoms with Gasteiger partial charge in [0.25, 0.3) is 11.5 Å². The fourth-order valence-electron chi connectivity index (χ4n) is 2.53. The molecule has 2 aromatic heterocycles. The summed E-state index contributed by atoms with van der Waals surface area (Å²) in [5, 5.41) is 0.0448. The van der Waals surface area contributed by atoms with Crippen LogP contribution in [-0.2, 0) is 12.7 Å². The molecule has 0 unspecified atom stereocenters. The van der Waals surface area contributed by atoms with Gasteiger partial charge in [0, 0.05) is 19.8 Å². The summed E-state index contributed by atoms with van der Waals surface area (Å²) in [6, 6.07) is 5.77. The first kappa shape index (κ1) is 18.4. The molecular weight excluding hydrogens is 365 g/mol. The summed E-state index contributed by atoms with van der Waals surface area (Å²) in [5.74, 6) is -0.477. The highest BCUT2D eigenvalue weighted by Crippen LogP contribution is 2.29. The van der Waals surface area contributed by atoms with E-state index in [1.807, 2.05) is 4.98 Å². The molecule has 3 aromatic rings. The van der Waals surface area contributed by atoms with Crippen molar-refractivity contribution in [3.05, 3.63) is 74.1 Å². The van der Waals surface area contributed by atoms with Gasteiger partial charge in [-0.1, -0.05) is 12.1 Å². The fourth-order valence-corrected chi connectivity index (χ4v) is 2.53. The maximum absolute atomic E-state index is 12.6. The van der Waals surface area contributed by atoms with Crippen molar-refractivity contribution >= 4 is 16.9 Å². The van der Waals surface area contributed by atoms with E-state index in [1.54, 1.807) is 0 Å². The minimum atomic E-state index is -4.43. The number of hydrogen-bond acceptors (Lipinski definition) is 4. The summed E-state index contributed by atoms with van der Waals surface area (Å²) in [5.41, 5.74) is -1.50. The number of hydrogen-bond donors (Lipinski definition) is 2. The van der Waals surface area contributed by atoms with Crippen molar-refractivity contribution in [1.29, 1.82) is 0 Å². The van der Waals surface area contributed by atoms with Crippen molar-refractivity contribution in [1.82, 2.24) is 19.9 Å². The van der Waals surface area contributed by atoms with Gasteiger partial charge in [0.05, 0.1) is 16.5 Å². The van der Waals surface area contributed by atoms with Crippen LogP contribution in [0.15, 0.2) is 46.1 Å². The van der Waals surface area contributed by atoms with Gasteiger partial charge in [0.1, 0.15) is 5.65 Å². The van der Waals surface area contributed by atoms with Gasteiger partial charge >= 0.3 is 11.9 Å². The van der Waals surface area contributed by atoms with Gasteiger partial charge in [-0.2, -0.15) is 13.2 Å². The van der Waals surface area contributed by atoms with E-state index in [-0.39, 0.29) is 23.1 Å². The largest absolute Gasteiger partial charge is 0.416 e. The third-order valence-corrected chi connectivity index (χ3v) is 3.89. The Hall–Kier alpha value is -3.43. The molecule has 0 spiro atoms. The lowest BCUT2D eigenvalue weighted by molar-refractivity contribution is -0.137. The van der Waals surface area contributed by atoms with Crippen LogP contribution in [0.5, 0.6) is 0 Å². The molecule has 0 aliphatic rings. The van der Waals surface area contributed by atoms with Crippen LogP contribution in [-0.4, -0.2) is 32.8 Å². The van der Waals surface area contributed by atoms with Crippen LogP contribution in [0.25, 0.3) is 11.0 Å². The van der Waals surface area contributed by atoms with Crippen LogP contribution in [0.4, 0.5) is 13.2 Å². The number of rotatable bonds is 3. The van der Waals surface area contributed by atoms with Crippen LogP contribution >= 0.6 is 0 Å². The lowest BCUT2D eigenvalue weighted by atomic mass is 10.1. The average Bonchev–Trinajstić information content (AvgIpc) is 2.60. The molecule has 7 nitrogen and oxygen atoms in total. The van der Waals surface area contributed by atoms with Crippen LogP contribution < -0.4 is 11.2 Å². The summed E-state index contributed by atoms with van der Waals surface area (Å²) >= 11 is 0. The second-order valence-corrected chi connectivity index (χ2v) is 5.88. The number of halogens is 3. The average molecular weight is 378 g/mol. The molecule has 0 atom stereocenters. The van der Waals surface area contributed by atoms with E-state index in [0.29, 0.717) is 5.56 Å². The molecular formula is C17H13F3N4O3. The predicted molar refractivity (Wildman–Crippen MR) is 90.2 cm³/mol. The molecule has 27 heavy (non-hydrogen) atoms. The molecule has 0 aliphatic heterocycles. The number of nitrogens with one attached hydrogen (secondary N) is 2. The number of carbonyl (C=O) groups is 1. The zero-order chi connectivity index (χ0) is 19.8. The highest BCUT2D eigenvalue weighted by atomic mass is 19.4. The van der Waals surface area contributed by atoms with E-state index in [4.69, 9.17) is 0 Å². The van der Waals surface area contributed by atoms with Gasteiger partial charge in [-0.05, 0) is 23.8 Å². The third-order valence-electron chi connectivity index (χ3n) is 3.89. The third kappa shape index (κ3) is 3.89. The summed E-state index contributed by atoms with van der Waals surface area (Å²) in [6.07, 6.45) is -3.21. The highest BCUT2D eigenvalue weighted by Gasteiger charge is 2.30. The van der Waals surface area contributed by atoms with E-state index in [2.05, 4.69) is 9.97 Å². The Bertz CT molecular complexity index is 1120. The standard InChI is InChI=1S/C17H13F3N4O3/c1-24(8-9-2-4-11(5-3-9)17(18,19)20)15(26)10-6-12-13(21-7-10)22-16(27)23-14(12)25/h2-7H,8H2,1H3,(H2,21,22,23,25,27). The summed E-state index contributed by atoms with van der Waals surface area (Å²) in [4.78, 5) is 45.1. The first-order valence-electron chi connectivity index (χ1n) is 7.69. The molecule has 0 saturated heterocycles. The molecule has 0 saturated carbocycles. The molecule has 10 heteroatoms. The van der Waals surface area contributed by atoms with Gasteiger partial charge in [-0.3, -0.25) is 19.6 Å². The normalized spacial score (nSPS) is 11.6. The van der Waals surface area contributed by atoms with Crippen LogP contribution in [0, 0.1) is 0 Å². The smallest absolute Gasteiger partial charge is 0.337 e. The number of nitrogens with zero attached hydrogens (tertiary/aromatic N) is 2. The number of H-pyrrole nitrogens is 2. The maximum Gasteiger partial charge on any atom is 0.416 e. The first-order valence-corrected chi connectivity index (χ1v) is 7.69. The zero-order valence-electron chi connectivity index (χ0n) is 13.9. The lowest BCUT2D eigenvalue weighted by Crippen LogP contribution is -2.27. The lowest BCUT2D eigenvalue weighted by Gasteiger charge is -2.18. The van der Waals surface area contributed by atoms with E-state index < -0.39 is 28.9 Å². The van der Waals surface area contributed by atoms with E-state index in [0.717, 1.165) is 12.1 Å². The van der Waals surface area contributed by atoms with Crippen LogP contribution in [0.3, 0.4) is 0 Å². The highest BCUT2D eigenvalue weighted by molar-refractivity contribution is 5.96. The van der Waals surface area contributed by atoms with Crippen molar-refractivity contribution in [2.45, 2.75) is 12.7 Å². The topological polar surface area (TPSA) is 98.9 Å². The summed E-state index contributed by atoms with van der Waals surface area (Å²) < 4.78 is 37.8. The molecule has 3 rings (SSSR count). The second kappa shape index (κ2) is 6.71. The van der Waals surface area contributed by atoms with Gasteiger partial charge < -0.3 is 4.90 Å². The van der Waals surface area contributed by atoms with E-state index in [1.165, 1.54) is 36.3 Å². The number of alkyl halides is 3. The fraction of sp³-hybridized carbons (Fsp3) is 0.176. The minimum absolute atomic E-state index is 0.0448. The van der Waals surface area contributed by atoms with Crippen LogP contribution in [0.1, 0.15) is 21.5 Å². The van der Waals surface area contributed by atoms with Gasteiger partial charge in [0.2, 0.25) is 0 Å². The SMILES string of the molecule is CN(Cc1ccc(C(F)(F)F)cc1)C(=O)c1cnc2[nH]c(=O)[nH]c(=O)c2c1. The molecule has 1 amide bonds. The Kier molecular flexibility index (Phi) is 4.56. The molecule has 0 radical (unpaired) electrons. The predicted octanol–water partition coefficient (Wildman–Crippen LogP) is 1.90. The van der Waals surface area contributed by atoms with Crippen molar-refractivity contribution in [3.63, 3.8) is 0 Å². The van der Waals surface area contributed by atoms with Crippen LogP contribution in [0.2, 0.25) is 0 Å². The summed E-state index contributed by atoms with van der Waals surface area (Å²) in [7, 11) is 1.47. The number of amides is 1. The molecule has 2 heterocycles. The Balaban J connectivity index is 1.82. The molecule has 0 aliphatic carbocycles. The molecule has 2 N–H and O–H groups in total. The van der Waals surface area contributed by atoms with Gasteiger partial charge in [-0.15, -0.1) is 0 Å². The minimum Gasteiger partial charge on any atom is -0.337 e. The van der Waals surface area contributed by atoms with E-state index >= 15 is 0 Å². The van der Waals surface area contributed by atoms with Gasteiger partial charge in [-0.25, -0.2) is 9.78 Å². The Morgan fingerprint density at radius 3 is 2.44 bits per heavy atom.